The van der Waals surface area contributed by atoms with Crippen LogP contribution in [0, 0.1) is 0 Å². The Morgan fingerprint density at radius 2 is 2.00 bits per heavy atom. The topological polar surface area (TPSA) is 20.2 Å². The van der Waals surface area contributed by atoms with Crippen LogP contribution in [-0.4, -0.2) is 8.84 Å². The van der Waals surface area contributed by atoms with E-state index in [4.69, 9.17) is 0 Å². The second kappa shape index (κ2) is 3.37. The molecule has 0 amide bonds. The largest absolute Gasteiger partial charge is 0.383 e. The van der Waals surface area contributed by atoms with Crippen molar-refractivity contribution in [3.05, 3.63) is 35.4 Å². The van der Waals surface area contributed by atoms with Crippen LogP contribution in [0.5, 0.6) is 0 Å². The van der Waals surface area contributed by atoms with Crippen LogP contribution in [0.3, 0.4) is 0 Å². The zero-order valence-corrected chi connectivity index (χ0v) is 10.2. The van der Waals surface area contributed by atoms with Crippen molar-refractivity contribution >= 4 is 31.9 Å². The van der Waals surface area contributed by atoms with E-state index in [1.54, 1.807) is 0 Å². The lowest BCUT2D eigenvalue weighted by molar-refractivity contribution is 0.0595. The van der Waals surface area contributed by atoms with Gasteiger partial charge >= 0.3 is 0 Å². The van der Waals surface area contributed by atoms with E-state index in [1.165, 1.54) is 5.56 Å². The summed E-state index contributed by atoms with van der Waals surface area (Å²) in [6, 6.07) is 8.06. The minimum Gasteiger partial charge on any atom is -0.383 e. The molecule has 1 N–H and O–H groups in total. The average molecular weight is 306 g/mol. The first-order valence-corrected chi connectivity index (χ1v) is 6.06. The molecule has 1 aromatic carbocycles. The molecule has 2 rings (SSSR count). The molecule has 0 aromatic heterocycles. The Balaban J connectivity index is 2.49. The van der Waals surface area contributed by atoms with Crippen LogP contribution in [0.25, 0.3) is 0 Å². The van der Waals surface area contributed by atoms with Crippen molar-refractivity contribution in [2.75, 3.05) is 0 Å². The molecule has 1 aliphatic carbocycles. The fourth-order valence-electron chi connectivity index (χ4n) is 1.85. The average Bonchev–Trinajstić information content (AvgIpc) is 2.47. The predicted octanol–water partition coefficient (Wildman–Crippen LogP) is 2.94. The van der Waals surface area contributed by atoms with Gasteiger partial charge in [-0.15, -0.1) is 0 Å². The summed E-state index contributed by atoms with van der Waals surface area (Å²) in [5, 5.41) is 10.3. The summed E-state index contributed by atoms with van der Waals surface area (Å²) in [5.74, 6) is 0. The van der Waals surface area contributed by atoms with E-state index < -0.39 is 5.60 Å². The molecule has 1 atom stereocenters. The summed E-state index contributed by atoms with van der Waals surface area (Å²) in [6.45, 7) is 0. The first-order chi connectivity index (χ1) is 6.14. The van der Waals surface area contributed by atoms with Crippen molar-refractivity contribution in [3.63, 3.8) is 0 Å². The highest BCUT2D eigenvalue weighted by atomic mass is 79.9. The molecule has 0 radical (unpaired) electrons. The number of benzene rings is 1. The van der Waals surface area contributed by atoms with Crippen molar-refractivity contribution in [1.29, 1.82) is 0 Å². The molecule has 1 aliphatic rings. The maximum atomic E-state index is 10.3. The number of rotatable bonds is 1. The van der Waals surface area contributed by atoms with Gasteiger partial charge in [0.25, 0.3) is 0 Å². The molecular weight excluding hydrogens is 296 g/mol. The van der Waals surface area contributed by atoms with Gasteiger partial charge in [0.2, 0.25) is 0 Å². The number of fused-ring (bicyclic) bond motifs is 1. The van der Waals surface area contributed by atoms with Crippen LogP contribution in [0.2, 0.25) is 0 Å². The molecule has 0 unspecified atom stereocenters. The summed E-state index contributed by atoms with van der Waals surface area (Å²) >= 11 is 6.79. The van der Waals surface area contributed by atoms with Gasteiger partial charge in [-0.1, -0.05) is 56.1 Å². The minimum absolute atomic E-state index is 0.0730. The SMILES string of the molecule is O[C@@]1(C(Br)Br)CCc2ccccc21. The van der Waals surface area contributed by atoms with E-state index in [0.717, 1.165) is 18.4 Å². The van der Waals surface area contributed by atoms with E-state index in [2.05, 4.69) is 37.9 Å². The predicted molar refractivity (Wildman–Crippen MR) is 60.3 cm³/mol. The second-order valence-corrected chi connectivity index (χ2v) is 6.44. The maximum absolute atomic E-state index is 10.3. The van der Waals surface area contributed by atoms with Crippen LogP contribution in [-0.2, 0) is 12.0 Å². The van der Waals surface area contributed by atoms with Crippen molar-refractivity contribution in [2.45, 2.75) is 22.2 Å². The Hall–Kier alpha value is 0.140. The Kier molecular flexibility index (Phi) is 2.51. The van der Waals surface area contributed by atoms with Crippen LogP contribution in [0.15, 0.2) is 24.3 Å². The van der Waals surface area contributed by atoms with Gasteiger partial charge in [-0.25, -0.2) is 0 Å². The molecule has 0 spiro atoms. The number of halogens is 2. The Morgan fingerprint density at radius 1 is 1.31 bits per heavy atom. The third-order valence-electron chi connectivity index (χ3n) is 2.62. The first-order valence-electron chi connectivity index (χ1n) is 4.23. The van der Waals surface area contributed by atoms with E-state index >= 15 is 0 Å². The monoisotopic (exact) mass is 304 g/mol. The molecule has 0 aliphatic heterocycles. The van der Waals surface area contributed by atoms with E-state index in [-0.39, 0.29) is 3.74 Å². The molecular formula is C10H10Br2O. The van der Waals surface area contributed by atoms with Crippen LogP contribution >= 0.6 is 31.9 Å². The third kappa shape index (κ3) is 1.47. The van der Waals surface area contributed by atoms with E-state index in [0.29, 0.717) is 0 Å². The highest BCUT2D eigenvalue weighted by Crippen LogP contribution is 2.44. The van der Waals surface area contributed by atoms with Crippen LogP contribution < -0.4 is 0 Å². The highest BCUT2D eigenvalue weighted by Gasteiger charge is 2.40. The highest BCUT2D eigenvalue weighted by molar-refractivity contribution is 9.24. The molecule has 0 heterocycles. The van der Waals surface area contributed by atoms with Crippen molar-refractivity contribution in [1.82, 2.24) is 0 Å². The summed E-state index contributed by atoms with van der Waals surface area (Å²) in [4.78, 5) is 0. The van der Waals surface area contributed by atoms with Gasteiger partial charge in [-0.2, -0.15) is 0 Å². The van der Waals surface area contributed by atoms with E-state index in [9.17, 15) is 5.11 Å². The van der Waals surface area contributed by atoms with E-state index in [1.807, 2.05) is 18.2 Å². The Morgan fingerprint density at radius 3 is 2.69 bits per heavy atom. The zero-order valence-electron chi connectivity index (χ0n) is 7.00. The molecule has 13 heavy (non-hydrogen) atoms. The Bertz CT molecular complexity index is 324. The fourth-order valence-corrected chi connectivity index (χ4v) is 2.80. The van der Waals surface area contributed by atoms with Gasteiger partial charge in [0.05, 0.1) is 0 Å². The Labute approximate surface area is 94.4 Å². The maximum Gasteiger partial charge on any atom is 0.112 e. The molecule has 1 aromatic rings. The number of aliphatic hydroxyl groups is 1. The summed E-state index contributed by atoms with van der Waals surface area (Å²) in [5.41, 5.74) is 1.57. The summed E-state index contributed by atoms with van der Waals surface area (Å²) < 4.78 is -0.0730. The quantitative estimate of drug-likeness (QED) is 0.791. The van der Waals surface area contributed by atoms with Gasteiger partial charge in [0, 0.05) is 0 Å². The smallest absolute Gasteiger partial charge is 0.112 e. The molecule has 3 heteroatoms. The summed E-state index contributed by atoms with van der Waals surface area (Å²) in [7, 11) is 0. The lowest BCUT2D eigenvalue weighted by Crippen LogP contribution is -2.29. The minimum atomic E-state index is -0.739. The van der Waals surface area contributed by atoms with Crippen molar-refractivity contribution < 1.29 is 5.11 Å². The van der Waals surface area contributed by atoms with Crippen molar-refractivity contribution in [3.8, 4) is 0 Å². The van der Waals surface area contributed by atoms with Gasteiger partial charge in [0.15, 0.2) is 0 Å². The number of alkyl halides is 2. The van der Waals surface area contributed by atoms with Gasteiger partial charge < -0.3 is 5.11 Å². The fraction of sp³-hybridized carbons (Fsp3) is 0.400. The lowest BCUT2D eigenvalue weighted by atomic mass is 9.99. The summed E-state index contributed by atoms with van der Waals surface area (Å²) in [6.07, 6.45) is 1.74. The molecule has 0 fully saturated rings. The molecule has 0 bridgehead atoms. The van der Waals surface area contributed by atoms with Crippen LogP contribution in [0.1, 0.15) is 17.5 Å². The molecule has 1 nitrogen and oxygen atoms in total. The normalized spacial score (nSPS) is 26.5. The second-order valence-electron chi connectivity index (χ2n) is 3.38. The zero-order chi connectivity index (χ0) is 9.47. The van der Waals surface area contributed by atoms with Crippen LogP contribution in [0.4, 0.5) is 0 Å². The standard InChI is InChI=1S/C10H10Br2O/c11-9(12)10(13)6-5-7-3-1-2-4-8(7)10/h1-4,9,13H,5-6H2/t10-/m0/s1. The number of aryl methyl sites for hydroxylation is 1. The lowest BCUT2D eigenvalue weighted by Gasteiger charge is -2.25. The molecule has 70 valence electrons. The number of hydrogen-bond acceptors (Lipinski definition) is 1. The van der Waals surface area contributed by atoms with Gasteiger partial charge in [-0.3, -0.25) is 0 Å². The number of hydrogen-bond donors (Lipinski definition) is 1. The molecule has 0 saturated heterocycles. The van der Waals surface area contributed by atoms with Gasteiger partial charge in [-0.05, 0) is 24.0 Å². The van der Waals surface area contributed by atoms with Crippen molar-refractivity contribution in [2.24, 2.45) is 0 Å². The van der Waals surface area contributed by atoms with Gasteiger partial charge in [0.1, 0.15) is 9.34 Å². The third-order valence-corrected chi connectivity index (χ3v) is 4.14. The first kappa shape index (κ1) is 9.69. The molecule has 0 saturated carbocycles.